The fourth-order valence-corrected chi connectivity index (χ4v) is 5.12. The Morgan fingerprint density at radius 3 is 2.56 bits per heavy atom. The van der Waals surface area contributed by atoms with Crippen molar-refractivity contribution in [3.63, 3.8) is 0 Å². The van der Waals surface area contributed by atoms with Crippen molar-refractivity contribution in [2.24, 2.45) is 11.3 Å². The summed E-state index contributed by atoms with van der Waals surface area (Å²) < 4.78 is 6.31. The predicted molar refractivity (Wildman–Crippen MR) is 106 cm³/mol. The van der Waals surface area contributed by atoms with E-state index >= 15 is 0 Å². The highest BCUT2D eigenvalue weighted by Gasteiger charge is 2.53. The quantitative estimate of drug-likeness (QED) is 0.876. The molecule has 0 aromatic heterocycles. The fourth-order valence-electron chi connectivity index (χ4n) is 5.12. The molecule has 2 saturated carbocycles. The van der Waals surface area contributed by atoms with Crippen LogP contribution in [0, 0.1) is 11.3 Å². The number of carbonyl (C=O) groups excluding carboxylic acids is 1. The molecule has 1 unspecified atom stereocenters. The molecule has 1 amide bonds. The number of amides is 1. The summed E-state index contributed by atoms with van der Waals surface area (Å²) in [6.07, 6.45) is 4.74. The zero-order valence-electron chi connectivity index (χ0n) is 17.1. The minimum Gasteiger partial charge on any atom is -0.490 e. The molecule has 4 heteroatoms. The minimum atomic E-state index is -0.628. The summed E-state index contributed by atoms with van der Waals surface area (Å²) in [5, 5.41) is 9.87. The van der Waals surface area contributed by atoms with Gasteiger partial charge in [-0.15, -0.1) is 0 Å². The summed E-state index contributed by atoms with van der Waals surface area (Å²) in [5.41, 5.74) is 1.05. The van der Waals surface area contributed by atoms with E-state index in [0.717, 1.165) is 38.1 Å². The molecule has 3 aliphatic rings. The second-order valence-corrected chi connectivity index (χ2v) is 10.6. The number of hydrogen-bond donors (Lipinski definition) is 1. The number of aliphatic hydroxyl groups is 1. The minimum absolute atomic E-state index is 0.0333. The highest BCUT2D eigenvalue weighted by molar-refractivity contribution is 5.81. The molecular weight excluding hydrogens is 338 g/mol. The topological polar surface area (TPSA) is 49.8 Å². The average Bonchev–Trinajstić information content (AvgIpc) is 2.94. The van der Waals surface area contributed by atoms with E-state index in [9.17, 15) is 9.90 Å². The van der Waals surface area contributed by atoms with E-state index in [1.165, 1.54) is 5.56 Å². The highest BCUT2D eigenvalue weighted by Crippen LogP contribution is 2.48. The highest BCUT2D eigenvalue weighted by atomic mass is 16.5. The number of nitrogens with zero attached hydrogens (tertiary/aromatic N) is 1. The molecule has 148 valence electrons. The van der Waals surface area contributed by atoms with E-state index in [1.54, 1.807) is 0 Å². The van der Waals surface area contributed by atoms with Crippen LogP contribution in [0.5, 0.6) is 5.75 Å². The van der Waals surface area contributed by atoms with Crippen LogP contribution in [0.3, 0.4) is 0 Å². The van der Waals surface area contributed by atoms with Gasteiger partial charge in [0.25, 0.3) is 0 Å². The summed E-state index contributed by atoms with van der Waals surface area (Å²) in [4.78, 5) is 14.5. The van der Waals surface area contributed by atoms with Crippen molar-refractivity contribution >= 4 is 5.91 Å². The molecule has 0 bridgehead atoms. The molecule has 1 atom stereocenters. The SMILES string of the molecule is CC(C)(C)c1cccc(OC2CCC3(C2)CN(C(=O)[C@H]2C[C@@](C)(O)C2)C3)c1. The third kappa shape index (κ3) is 3.73. The number of likely N-dealkylation sites (tertiary alicyclic amines) is 1. The summed E-state index contributed by atoms with van der Waals surface area (Å²) in [6.45, 7) is 10.2. The third-order valence-corrected chi connectivity index (χ3v) is 6.75. The lowest BCUT2D eigenvalue weighted by Crippen LogP contribution is -2.61. The van der Waals surface area contributed by atoms with Gasteiger partial charge in [0, 0.05) is 24.4 Å². The van der Waals surface area contributed by atoms with Gasteiger partial charge in [-0.1, -0.05) is 32.9 Å². The maximum absolute atomic E-state index is 12.5. The van der Waals surface area contributed by atoms with Crippen LogP contribution in [0.25, 0.3) is 0 Å². The van der Waals surface area contributed by atoms with Crippen molar-refractivity contribution in [3.8, 4) is 5.75 Å². The normalized spacial score (nSPS) is 32.1. The maximum atomic E-state index is 12.5. The molecule has 1 N–H and O–H groups in total. The van der Waals surface area contributed by atoms with Gasteiger partial charge in [0.1, 0.15) is 5.75 Å². The molecule has 4 nitrogen and oxygen atoms in total. The van der Waals surface area contributed by atoms with Crippen LogP contribution < -0.4 is 4.74 Å². The van der Waals surface area contributed by atoms with Crippen LogP contribution in [-0.2, 0) is 10.2 Å². The average molecular weight is 372 g/mol. The lowest BCUT2D eigenvalue weighted by atomic mass is 9.70. The first-order valence-electron chi connectivity index (χ1n) is 10.3. The number of hydrogen-bond acceptors (Lipinski definition) is 3. The summed E-state index contributed by atoms with van der Waals surface area (Å²) in [5.74, 6) is 1.24. The second kappa shape index (κ2) is 6.23. The Morgan fingerprint density at radius 2 is 1.93 bits per heavy atom. The Balaban J connectivity index is 1.30. The van der Waals surface area contributed by atoms with Crippen molar-refractivity contribution < 1.29 is 14.6 Å². The van der Waals surface area contributed by atoms with Crippen molar-refractivity contribution in [3.05, 3.63) is 29.8 Å². The van der Waals surface area contributed by atoms with Gasteiger partial charge in [-0.3, -0.25) is 4.79 Å². The van der Waals surface area contributed by atoms with E-state index in [4.69, 9.17) is 4.74 Å². The van der Waals surface area contributed by atoms with Crippen LogP contribution in [0.2, 0.25) is 0 Å². The van der Waals surface area contributed by atoms with E-state index < -0.39 is 5.60 Å². The van der Waals surface area contributed by atoms with Crippen LogP contribution in [0.1, 0.15) is 65.4 Å². The van der Waals surface area contributed by atoms with Crippen LogP contribution in [0.15, 0.2) is 24.3 Å². The molecule has 1 aromatic rings. The summed E-state index contributed by atoms with van der Waals surface area (Å²) in [6, 6.07) is 8.47. The standard InChI is InChI=1S/C23H33NO3/c1-21(2,3)17-6-5-7-18(10-17)27-19-8-9-23(13-19)14-24(15-23)20(25)16-11-22(4,26)12-16/h5-7,10,16,19,26H,8-9,11-15H2,1-4H3/t16-,19?,22+. The monoisotopic (exact) mass is 371 g/mol. The van der Waals surface area contributed by atoms with Crippen molar-refractivity contribution in [1.29, 1.82) is 0 Å². The van der Waals surface area contributed by atoms with E-state index in [-0.39, 0.29) is 28.8 Å². The molecule has 3 fully saturated rings. The maximum Gasteiger partial charge on any atom is 0.225 e. The zero-order valence-corrected chi connectivity index (χ0v) is 17.1. The van der Waals surface area contributed by atoms with Crippen molar-refractivity contribution in [2.45, 2.75) is 76.9 Å². The zero-order chi connectivity index (χ0) is 19.4. The van der Waals surface area contributed by atoms with E-state index in [1.807, 2.05) is 11.8 Å². The Labute approximate surface area is 162 Å². The lowest BCUT2D eigenvalue weighted by Gasteiger charge is -2.51. The molecular formula is C23H33NO3. The molecule has 27 heavy (non-hydrogen) atoms. The first-order chi connectivity index (χ1) is 12.6. The van der Waals surface area contributed by atoms with E-state index in [2.05, 4.69) is 45.0 Å². The van der Waals surface area contributed by atoms with Crippen LogP contribution in [-0.4, -0.2) is 40.7 Å². The molecule has 1 aliphatic heterocycles. The van der Waals surface area contributed by atoms with Gasteiger partial charge < -0.3 is 14.7 Å². The van der Waals surface area contributed by atoms with Gasteiger partial charge in [-0.2, -0.15) is 0 Å². The second-order valence-electron chi connectivity index (χ2n) is 10.6. The molecule has 2 aliphatic carbocycles. The van der Waals surface area contributed by atoms with Gasteiger partial charge in [0.2, 0.25) is 5.91 Å². The van der Waals surface area contributed by atoms with Gasteiger partial charge in [0.05, 0.1) is 11.7 Å². The number of ether oxygens (including phenoxy) is 1. The van der Waals surface area contributed by atoms with Crippen LogP contribution >= 0.6 is 0 Å². The number of rotatable bonds is 3. The fraction of sp³-hybridized carbons (Fsp3) is 0.696. The predicted octanol–water partition coefficient (Wildman–Crippen LogP) is 3.91. The third-order valence-electron chi connectivity index (χ3n) is 6.75. The van der Waals surface area contributed by atoms with E-state index in [0.29, 0.717) is 12.8 Å². The molecule has 0 radical (unpaired) electrons. The van der Waals surface area contributed by atoms with Crippen molar-refractivity contribution in [1.82, 2.24) is 4.90 Å². The van der Waals surface area contributed by atoms with Gasteiger partial charge in [0.15, 0.2) is 0 Å². The number of carbonyl (C=O) groups is 1. The molecule has 1 saturated heterocycles. The first-order valence-corrected chi connectivity index (χ1v) is 10.3. The van der Waals surface area contributed by atoms with Gasteiger partial charge in [-0.25, -0.2) is 0 Å². The molecule has 1 aromatic carbocycles. The van der Waals surface area contributed by atoms with Crippen molar-refractivity contribution in [2.75, 3.05) is 13.1 Å². The Kier molecular flexibility index (Phi) is 4.34. The molecule has 1 heterocycles. The Hall–Kier alpha value is -1.55. The molecule has 1 spiro atoms. The number of benzene rings is 1. The smallest absolute Gasteiger partial charge is 0.225 e. The largest absolute Gasteiger partial charge is 0.490 e. The Morgan fingerprint density at radius 1 is 1.22 bits per heavy atom. The summed E-state index contributed by atoms with van der Waals surface area (Å²) in [7, 11) is 0. The first kappa shape index (κ1) is 18.8. The Bertz CT molecular complexity index is 719. The van der Waals surface area contributed by atoms with Gasteiger partial charge in [-0.05, 0) is 62.1 Å². The summed E-state index contributed by atoms with van der Waals surface area (Å²) >= 11 is 0. The lowest BCUT2D eigenvalue weighted by molar-refractivity contribution is -0.161. The van der Waals surface area contributed by atoms with Crippen LogP contribution in [0.4, 0.5) is 0 Å². The molecule has 4 rings (SSSR count). The van der Waals surface area contributed by atoms with Gasteiger partial charge >= 0.3 is 0 Å².